The number of hydrogen-bond acceptors (Lipinski definition) is 2. The third-order valence-electron chi connectivity index (χ3n) is 4.68. The summed E-state index contributed by atoms with van der Waals surface area (Å²) in [6, 6.07) is 0.786. The fraction of sp³-hybridized carbons (Fsp3) is 1.00. The average Bonchev–Trinajstić information content (AvgIpc) is 2.31. The van der Waals surface area contributed by atoms with Crippen molar-refractivity contribution in [3.05, 3.63) is 0 Å². The van der Waals surface area contributed by atoms with Crippen molar-refractivity contribution >= 4 is 0 Å². The van der Waals surface area contributed by atoms with E-state index >= 15 is 0 Å². The third-order valence-corrected chi connectivity index (χ3v) is 4.68. The lowest BCUT2D eigenvalue weighted by Crippen LogP contribution is -2.53. The van der Waals surface area contributed by atoms with Gasteiger partial charge < -0.3 is 5.32 Å². The van der Waals surface area contributed by atoms with Gasteiger partial charge in [0.25, 0.3) is 0 Å². The van der Waals surface area contributed by atoms with Crippen LogP contribution in [-0.4, -0.2) is 36.1 Å². The summed E-state index contributed by atoms with van der Waals surface area (Å²) in [5, 5.41) is 3.59. The monoisotopic (exact) mass is 224 g/mol. The van der Waals surface area contributed by atoms with Crippen molar-refractivity contribution in [3.8, 4) is 0 Å². The molecule has 1 N–H and O–H groups in total. The van der Waals surface area contributed by atoms with E-state index in [0.717, 1.165) is 12.6 Å². The minimum atomic E-state index is 0.537. The molecule has 1 heterocycles. The number of rotatable bonds is 3. The molecule has 0 bridgehead atoms. The van der Waals surface area contributed by atoms with Crippen LogP contribution < -0.4 is 5.32 Å². The van der Waals surface area contributed by atoms with E-state index in [1.807, 2.05) is 0 Å². The minimum Gasteiger partial charge on any atom is -0.314 e. The molecule has 0 spiro atoms. The standard InChI is InChI=1S/C14H28N2/c1-3-15-13-7-11-16(12-8-13)14(2)9-5-4-6-10-14/h13,15H,3-12H2,1-2H3. The third kappa shape index (κ3) is 2.78. The van der Waals surface area contributed by atoms with Crippen molar-refractivity contribution in [1.82, 2.24) is 10.2 Å². The Bertz CT molecular complexity index is 201. The number of piperidine rings is 1. The van der Waals surface area contributed by atoms with E-state index < -0.39 is 0 Å². The van der Waals surface area contributed by atoms with Crippen molar-refractivity contribution < 1.29 is 0 Å². The second-order valence-corrected chi connectivity index (χ2v) is 5.88. The Hall–Kier alpha value is -0.0800. The topological polar surface area (TPSA) is 15.3 Å². The lowest BCUT2D eigenvalue weighted by atomic mass is 9.80. The molecule has 0 radical (unpaired) electrons. The van der Waals surface area contributed by atoms with Crippen molar-refractivity contribution in [2.75, 3.05) is 19.6 Å². The molecule has 2 aliphatic rings. The summed E-state index contributed by atoms with van der Waals surface area (Å²) in [5.74, 6) is 0. The Labute approximate surface area is 101 Å². The van der Waals surface area contributed by atoms with Crippen molar-refractivity contribution in [3.63, 3.8) is 0 Å². The second kappa shape index (κ2) is 5.50. The molecule has 1 saturated heterocycles. The first-order valence-corrected chi connectivity index (χ1v) is 7.23. The van der Waals surface area contributed by atoms with E-state index in [0.29, 0.717) is 5.54 Å². The van der Waals surface area contributed by atoms with Crippen LogP contribution in [0.3, 0.4) is 0 Å². The summed E-state index contributed by atoms with van der Waals surface area (Å²) in [6.07, 6.45) is 9.92. The van der Waals surface area contributed by atoms with Gasteiger partial charge >= 0.3 is 0 Å². The van der Waals surface area contributed by atoms with Gasteiger partial charge in [0, 0.05) is 24.7 Å². The van der Waals surface area contributed by atoms with Gasteiger partial charge in [-0.25, -0.2) is 0 Å². The summed E-state index contributed by atoms with van der Waals surface area (Å²) in [6.45, 7) is 8.47. The second-order valence-electron chi connectivity index (χ2n) is 5.88. The highest BCUT2D eigenvalue weighted by molar-refractivity contribution is 4.92. The number of likely N-dealkylation sites (tertiary alicyclic amines) is 1. The van der Waals surface area contributed by atoms with Crippen LogP contribution in [0, 0.1) is 0 Å². The molecule has 16 heavy (non-hydrogen) atoms. The van der Waals surface area contributed by atoms with Crippen LogP contribution in [0.4, 0.5) is 0 Å². The lowest BCUT2D eigenvalue weighted by Gasteiger charge is -2.47. The van der Waals surface area contributed by atoms with E-state index in [1.165, 1.54) is 58.0 Å². The van der Waals surface area contributed by atoms with Gasteiger partial charge in [0.15, 0.2) is 0 Å². The van der Waals surface area contributed by atoms with Gasteiger partial charge in [-0.15, -0.1) is 0 Å². The number of nitrogens with one attached hydrogen (secondary N) is 1. The largest absolute Gasteiger partial charge is 0.314 e. The minimum absolute atomic E-state index is 0.537. The maximum Gasteiger partial charge on any atom is 0.0181 e. The highest BCUT2D eigenvalue weighted by Gasteiger charge is 2.35. The average molecular weight is 224 g/mol. The van der Waals surface area contributed by atoms with Gasteiger partial charge in [-0.1, -0.05) is 26.2 Å². The summed E-state index contributed by atoms with van der Waals surface area (Å²) < 4.78 is 0. The molecular formula is C14H28N2. The van der Waals surface area contributed by atoms with Crippen LogP contribution in [0.25, 0.3) is 0 Å². The van der Waals surface area contributed by atoms with Gasteiger partial charge in [0.2, 0.25) is 0 Å². The van der Waals surface area contributed by atoms with Crippen LogP contribution in [0.15, 0.2) is 0 Å². The number of nitrogens with zero attached hydrogens (tertiary/aromatic N) is 1. The molecule has 0 aromatic carbocycles. The molecule has 0 aromatic heterocycles. The normalized spacial score (nSPS) is 28.1. The molecule has 0 aromatic rings. The van der Waals surface area contributed by atoms with Crippen molar-refractivity contribution in [2.45, 2.75) is 70.4 Å². The Morgan fingerprint density at radius 3 is 2.31 bits per heavy atom. The van der Waals surface area contributed by atoms with E-state index in [1.54, 1.807) is 0 Å². The van der Waals surface area contributed by atoms with Gasteiger partial charge in [0.05, 0.1) is 0 Å². The molecule has 1 saturated carbocycles. The Balaban J connectivity index is 1.83. The lowest BCUT2D eigenvalue weighted by molar-refractivity contribution is 0.0403. The Kier molecular flexibility index (Phi) is 4.26. The molecule has 2 rings (SSSR count). The van der Waals surface area contributed by atoms with Crippen LogP contribution in [0.2, 0.25) is 0 Å². The zero-order chi connectivity index (χ0) is 11.4. The first kappa shape index (κ1) is 12.4. The Morgan fingerprint density at radius 2 is 1.75 bits per heavy atom. The fourth-order valence-electron chi connectivity index (χ4n) is 3.54. The maximum absolute atomic E-state index is 3.59. The summed E-state index contributed by atoms with van der Waals surface area (Å²) in [5.41, 5.74) is 0.537. The first-order chi connectivity index (χ1) is 7.74. The van der Waals surface area contributed by atoms with Gasteiger partial charge in [0.1, 0.15) is 0 Å². The van der Waals surface area contributed by atoms with Crippen LogP contribution in [0.1, 0.15) is 58.8 Å². The first-order valence-electron chi connectivity index (χ1n) is 7.23. The molecule has 0 amide bonds. The van der Waals surface area contributed by atoms with E-state index in [4.69, 9.17) is 0 Å². The van der Waals surface area contributed by atoms with Crippen LogP contribution >= 0.6 is 0 Å². The highest BCUT2D eigenvalue weighted by Crippen LogP contribution is 2.34. The predicted octanol–water partition coefficient (Wildman–Crippen LogP) is 2.78. The Morgan fingerprint density at radius 1 is 1.12 bits per heavy atom. The summed E-state index contributed by atoms with van der Waals surface area (Å²) >= 11 is 0. The molecule has 0 unspecified atom stereocenters. The van der Waals surface area contributed by atoms with Gasteiger partial charge in [-0.3, -0.25) is 4.90 Å². The number of hydrogen-bond donors (Lipinski definition) is 1. The van der Waals surface area contributed by atoms with E-state index in [-0.39, 0.29) is 0 Å². The van der Waals surface area contributed by atoms with E-state index in [9.17, 15) is 0 Å². The van der Waals surface area contributed by atoms with Gasteiger partial charge in [-0.2, -0.15) is 0 Å². The molecular weight excluding hydrogens is 196 g/mol. The van der Waals surface area contributed by atoms with Gasteiger partial charge in [-0.05, 0) is 39.2 Å². The maximum atomic E-state index is 3.59. The molecule has 2 fully saturated rings. The summed E-state index contributed by atoms with van der Waals surface area (Å²) in [4.78, 5) is 2.78. The SMILES string of the molecule is CCNC1CCN(C2(C)CCCCC2)CC1. The molecule has 1 aliphatic heterocycles. The zero-order valence-electron chi connectivity index (χ0n) is 11.1. The molecule has 1 aliphatic carbocycles. The predicted molar refractivity (Wildman–Crippen MR) is 69.8 cm³/mol. The molecule has 2 heteroatoms. The van der Waals surface area contributed by atoms with Crippen molar-refractivity contribution in [2.24, 2.45) is 0 Å². The van der Waals surface area contributed by atoms with Crippen LogP contribution in [0.5, 0.6) is 0 Å². The van der Waals surface area contributed by atoms with E-state index in [2.05, 4.69) is 24.1 Å². The smallest absolute Gasteiger partial charge is 0.0181 e. The van der Waals surface area contributed by atoms with Crippen LogP contribution in [-0.2, 0) is 0 Å². The molecule has 2 nitrogen and oxygen atoms in total. The molecule has 0 atom stereocenters. The summed E-state index contributed by atoms with van der Waals surface area (Å²) in [7, 11) is 0. The van der Waals surface area contributed by atoms with Crippen molar-refractivity contribution in [1.29, 1.82) is 0 Å². The molecule has 94 valence electrons. The fourth-order valence-corrected chi connectivity index (χ4v) is 3.54. The quantitative estimate of drug-likeness (QED) is 0.793. The highest BCUT2D eigenvalue weighted by atomic mass is 15.2. The zero-order valence-corrected chi connectivity index (χ0v) is 11.1.